The number of furan rings is 1. The second-order valence-corrected chi connectivity index (χ2v) is 9.91. The zero-order valence-corrected chi connectivity index (χ0v) is 18.9. The molecule has 0 fully saturated rings. The van der Waals surface area contributed by atoms with Gasteiger partial charge in [-0.25, -0.2) is 13.1 Å². The van der Waals surface area contributed by atoms with Crippen molar-refractivity contribution in [3.05, 3.63) is 69.9 Å². The molecule has 1 aliphatic carbocycles. The van der Waals surface area contributed by atoms with E-state index in [0.29, 0.717) is 11.1 Å². The number of rotatable bonds is 6. The summed E-state index contributed by atoms with van der Waals surface area (Å²) in [6.45, 7) is 0.341. The Morgan fingerprint density at radius 3 is 2.43 bits per heavy atom. The minimum absolute atomic E-state index is 0.0318. The van der Waals surface area contributed by atoms with Crippen LogP contribution in [0.25, 0.3) is 0 Å². The third-order valence-corrected chi connectivity index (χ3v) is 7.28. The Balaban J connectivity index is 1.51. The fourth-order valence-electron chi connectivity index (χ4n) is 4.18. The summed E-state index contributed by atoms with van der Waals surface area (Å²) in [7, 11) is -4.55. The summed E-state index contributed by atoms with van der Waals surface area (Å²) in [4.78, 5) is -0.958. The Morgan fingerprint density at radius 1 is 1.14 bits per heavy atom. The summed E-state index contributed by atoms with van der Waals surface area (Å²) in [5, 5.41) is 12.7. The van der Waals surface area contributed by atoms with Crippen LogP contribution in [0.3, 0.4) is 0 Å². The van der Waals surface area contributed by atoms with E-state index in [1.807, 2.05) is 0 Å². The highest BCUT2D eigenvalue weighted by Crippen LogP contribution is 2.37. The van der Waals surface area contributed by atoms with Gasteiger partial charge in [-0.2, -0.15) is 31.4 Å². The molecule has 2 aromatic heterocycles. The number of fused-ring (bicyclic) bond motifs is 1. The van der Waals surface area contributed by atoms with Crippen molar-refractivity contribution in [3.8, 4) is 0 Å². The summed E-state index contributed by atoms with van der Waals surface area (Å²) in [5.41, 5.74) is 0.333. The molecule has 4 rings (SSSR count). The first kappa shape index (κ1) is 25.3. The summed E-state index contributed by atoms with van der Waals surface area (Å²) < 4.78 is 112. The topological polar surface area (TPSA) is 97.4 Å². The largest absolute Gasteiger partial charge is 0.458 e. The summed E-state index contributed by atoms with van der Waals surface area (Å²) in [5.74, 6) is -1.60. The van der Waals surface area contributed by atoms with Gasteiger partial charge in [-0.15, -0.1) is 0 Å². The van der Waals surface area contributed by atoms with E-state index in [-0.39, 0.29) is 30.5 Å². The van der Waals surface area contributed by atoms with Gasteiger partial charge in [0, 0.05) is 23.4 Å². The maximum atomic E-state index is 13.2. The molecule has 14 heteroatoms. The zero-order chi connectivity index (χ0) is 25.8. The minimum atomic E-state index is -4.99. The van der Waals surface area contributed by atoms with Crippen molar-refractivity contribution in [3.63, 3.8) is 0 Å². The molecule has 1 aliphatic rings. The molecule has 190 valence electrons. The average molecular weight is 523 g/mol. The second-order valence-electron chi connectivity index (χ2n) is 8.26. The molecule has 2 N–H and O–H groups in total. The summed E-state index contributed by atoms with van der Waals surface area (Å²) >= 11 is 0. The second kappa shape index (κ2) is 8.68. The van der Waals surface area contributed by atoms with Crippen LogP contribution in [0.5, 0.6) is 0 Å². The number of nitrogens with one attached hydrogen (secondary N) is 1. The van der Waals surface area contributed by atoms with Gasteiger partial charge in [0.05, 0.1) is 19.4 Å². The number of hydrogen-bond donors (Lipinski definition) is 2. The van der Waals surface area contributed by atoms with Crippen LogP contribution in [0.2, 0.25) is 0 Å². The average Bonchev–Trinajstić information content (AvgIpc) is 3.42. The number of halogens is 6. The molecule has 0 aliphatic heterocycles. The highest BCUT2D eigenvalue weighted by Gasteiger charge is 2.43. The normalized spacial score (nSPS) is 16.6. The van der Waals surface area contributed by atoms with Crippen molar-refractivity contribution in [1.82, 2.24) is 14.5 Å². The van der Waals surface area contributed by atoms with E-state index >= 15 is 0 Å². The van der Waals surface area contributed by atoms with Gasteiger partial charge in [-0.05, 0) is 36.5 Å². The fourth-order valence-corrected chi connectivity index (χ4v) is 5.78. The molecular weight excluding hydrogens is 504 g/mol. The van der Waals surface area contributed by atoms with E-state index in [4.69, 9.17) is 0 Å². The number of sulfonamides is 1. The van der Waals surface area contributed by atoms with Crippen LogP contribution in [0.15, 0.2) is 40.0 Å². The van der Waals surface area contributed by atoms with Crippen LogP contribution >= 0.6 is 0 Å². The molecule has 0 unspecified atom stereocenters. The third-order valence-electron chi connectivity index (χ3n) is 5.59. The molecule has 0 bridgehead atoms. The van der Waals surface area contributed by atoms with Gasteiger partial charge in [-0.1, -0.05) is 18.2 Å². The molecule has 7 nitrogen and oxygen atoms in total. The highest BCUT2D eigenvalue weighted by molar-refractivity contribution is 7.89. The Bertz CT molecular complexity index is 1360. The number of aryl methyl sites for hydroxylation is 1. The van der Waals surface area contributed by atoms with E-state index in [0.717, 1.165) is 22.7 Å². The number of hydrogen-bond acceptors (Lipinski definition) is 5. The lowest BCUT2D eigenvalue weighted by atomic mass is 10.1. The van der Waals surface area contributed by atoms with Gasteiger partial charge in [0.15, 0.2) is 5.69 Å². The van der Waals surface area contributed by atoms with E-state index < -0.39 is 51.4 Å². The molecular formula is C21H19F6N3O4S. The van der Waals surface area contributed by atoms with Gasteiger partial charge in [0.1, 0.15) is 4.90 Å². The van der Waals surface area contributed by atoms with Gasteiger partial charge in [0.2, 0.25) is 15.8 Å². The number of alkyl halides is 6. The van der Waals surface area contributed by atoms with Crippen molar-refractivity contribution in [2.75, 3.05) is 0 Å². The van der Waals surface area contributed by atoms with E-state index in [2.05, 4.69) is 14.2 Å². The maximum Gasteiger partial charge on any atom is 0.450 e. The Labute approximate surface area is 195 Å². The number of aromatic nitrogens is 2. The Morgan fingerprint density at radius 2 is 1.83 bits per heavy atom. The van der Waals surface area contributed by atoms with Gasteiger partial charge >= 0.3 is 12.4 Å². The molecule has 3 aromatic rings. The Hall–Kier alpha value is -2.84. The SMILES string of the molecule is Cc1coc(C(F)(F)F)c1S(=O)(=O)N[C@@H]1Cc2ccc(Cn3cc(CO)c(C(F)(F)F)n3)cc2C1. The van der Waals surface area contributed by atoms with E-state index in [1.54, 1.807) is 18.2 Å². The quantitative estimate of drug-likeness (QED) is 0.479. The summed E-state index contributed by atoms with van der Waals surface area (Å²) in [6.07, 6.45) is -7.48. The smallest absolute Gasteiger partial charge is 0.450 e. The lowest BCUT2D eigenvalue weighted by molar-refractivity contribution is -0.155. The van der Waals surface area contributed by atoms with Crippen molar-refractivity contribution >= 4 is 10.0 Å². The molecule has 0 saturated carbocycles. The number of aliphatic hydroxyl groups excluding tert-OH is 1. The third kappa shape index (κ3) is 5.09. The molecule has 0 spiro atoms. The van der Waals surface area contributed by atoms with Crippen LogP contribution in [0.4, 0.5) is 26.3 Å². The number of nitrogens with zero attached hydrogens (tertiary/aromatic N) is 2. The molecule has 0 saturated heterocycles. The van der Waals surface area contributed by atoms with Crippen LogP contribution in [0, 0.1) is 6.92 Å². The molecule has 0 radical (unpaired) electrons. The Kier molecular flexibility index (Phi) is 6.26. The predicted octanol–water partition coefficient (Wildman–Crippen LogP) is 3.81. The van der Waals surface area contributed by atoms with Crippen molar-refractivity contribution < 1.29 is 44.3 Å². The molecule has 2 heterocycles. The molecule has 0 amide bonds. The lowest BCUT2D eigenvalue weighted by Crippen LogP contribution is -2.36. The molecule has 1 aromatic carbocycles. The van der Waals surface area contributed by atoms with Crippen LogP contribution < -0.4 is 4.72 Å². The lowest BCUT2D eigenvalue weighted by Gasteiger charge is -2.14. The highest BCUT2D eigenvalue weighted by atomic mass is 32.2. The van der Waals surface area contributed by atoms with Crippen molar-refractivity contribution in [2.24, 2.45) is 0 Å². The first-order chi connectivity index (χ1) is 16.2. The van der Waals surface area contributed by atoms with Gasteiger partial charge < -0.3 is 9.52 Å². The van der Waals surface area contributed by atoms with Crippen LogP contribution in [-0.2, 0) is 48.4 Å². The zero-order valence-electron chi connectivity index (χ0n) is 18.0. The van der Waals surface area contributed by atoms with Gasteiger partial charge in [-0.3, -0.25) is 4.68 Å². The van der Waals surface area contributed by atoms with Crippen LogP contribution in [-0.4, -0.2) is 29.3 Å². The maximum absolute atomic E-state index is 13.2. The molecule has 35 heavy (non-hydrogen) atoms. The standard InChI is InChI=1S/C21H19F6N3O4S/c1-11-10-34-19(21(25,26)27)17(11)35(32,33)29-16-5-13-3-2-12(4-14(13)6-16)7-30-8-15(9-31)18(28-30)20(22,23)24/h2-4,8,10,16,29,31H,5-7,9H2,1H3/t16-/m1/s1. The van der Waals surface area contributed by atoms with E-state index in [1.165, 1.54) is 6.92 Å². The van der Waals surface area contributed by atoms with E-state index in [9.17, 15) is 39.9 Å². The first-order valence-electron chi connectivity index (χ1n) is 10.2. The number of aliphatic hydroxyl groups is 1. The van der Waals surface area contributed by atoms with Crippen molar-refractivity contribution in [1.29, 1.82) is 0 Å². The fraction of sp³-hybridized carbons (Fsp3) is 0.381. The monoisotopic (exact) mass is 523 g/mol. The number of benzene rings is 1. The molecule has 1 atom stereocenters. The minimum Gasteiger partial charge on any atom is -0.458 e. The predicted molar refractivity (Wildman–Crippen MR) is 109 cm³/mol. The first-order valence-corrected chi connectivity index (χ1v) is 11.7. The van der Waals surface area contributed by atoms with Gasteiger partial charge in [0.25, 0.3) is 0 Å². The van der Waals surface area contributed by atoms with Crippen molar-refractivity contribution in [2.45, 2.75) is 56.2 Å². The van der Waals surface area contributed by atoms with Crippen LogP contribution in [0.1, 0.15) is 39.3 Å². The summed E-state index contributed by atoms with van der Waals surface area (Å²) in [6, 6.07) is 4.29.